The Labute approximate surface area is 207 Å². The van der Waals surface area contributed by atoms with Crippen molar-refractivity contribution in [1.82, 2.24) is 14.4 Å². The Bertz CT molecular complexity index is 1430. The lowest BCUT2D eigenvalue weighted by atomic mass is 9.73. The summed E-state index contributed by atoms with van der Waals surface area (Å²) < 4.78 is 7.94. The van der Waals surface area contributed by atoms with Gasteiger partial charge in [-0.3, -0.25) is 9.20 Å². The Morgan fingerprint density at radius 3 is 2.60 bits per heavy atom. The molecule has 8 nitrogen and oxygen atoms in total. The number of anilines is 1. The number of hydrogen-bond donors (Lipinski definition) is 2. The first kappa shape index (κ1) is 22.3. The summed E-state index contributed by atoms with van der Waals surface area (Å²) in [6.07, 6.45) is 7.77. The summed E-state index contributed by atoms with van der Waals surface area (Å²) in [6.45, 7) is 4.59. The highest BCUT2D eigenvalue weighted by atomic mass is 32.2. The van der Waals surface area contributed by atoms with E-state index in [0.29, 0.717) is 5.56 Å². The Kier molecular flexibility index (Phi) is 5.43. The quantitative estimate of drug-likeness (QED) is 0.452. The Balaban J connectivity index is 1.30. The first-order valence-electron chi connectivity index (χ1n) is 11.9. The molecule has 2 aliphatic heterocycles. The van der Waals surface area contributed by atoms with Gasteiger partial charge in [0.15, 0.2) is 5.65 Å². The number of piperidine rings is 1. The van der Waals surface area contributed by atoms with Crippen molar-refractivity contribution in [2.24, 2.45) is 16.9 Å². The molecule has 0 aliphatic carbocycles. The number of aromatic nitrogens is 3. The fourth-order valence-corrected chi connectivity index (χ4v) is 6.52. The number of amides is 1. The van der Waals surface area contributed by atoms with Gasteiger partial charge in [-0.15, -0.1) is 0 Å². The Hall–Kier alpha value is -3.14. The van der Waals surface area contributed by atoms with Crippen LogP contribution in [0.25, 0.3) is 16.4 Å². The fourth-order valence-electron chi connectivity index (χ4n) is 5.51. The van der Waals surface area contributed by atoms with E-state index in [2.05, 4.69) is 21.2 Å². The van der Waals surface area contributed by atoms with Crippen LogP contribution in [0.3, 0.4) is 0 Å². The molecule has 2 atom stereocenters. The van der Waals surface area contributed by atoms with Crippen LogP contribution in [-0.2, 0) is 4.74 Å². The van der Waals surface area contributed by atoms with Crippen molar-refractivity contribution in [1.29, 1.82) is 0 Å². The van der Waals surface area contributed by atoms with Gasteiger partial charge in [-0.2, -0.15) is 0 Å². The fraction of sp³-hybridized carbons (Fsp3) is 0.346. The number of rotatable bonds is 4. The zero-order chi connectivity index (χ0) is 24.2. The Morgan fingerprint density at radius 1 is 1.11 bits per heavy atom. The van der Waals surface area contributed by atoms with Gasteiger partial charge in [-0.25, -0.2) is 9.97 Å². The molecule has 6 rings (SSSR count). The molecule has 4 N–H and O–H groups in total. The van der Waals surface area contributed by atoms with Gasteiger partial charge in [0.1, 0.15) is 0 Å². The van der Waals surface area contributed by atoms with Crippen LogP contribution >= 0.6 is 11.8 Å². The minimum absolute atomic E-state index is 0.0674. The average molecular weight is 489 g/mol. The van der Waals surface area contributed by atoms with Crippen molar-refractivity contribution in [3.63, 3.8) is 0 Å². The lowest BCUT2D eigenvalue weighted by Gasteiger charge is -2.41. The molecule has 35 heavy (non-hydrogen) atoms. The highest BCUT2D eigenvalue weighted by Crippen LogP contribution is 2.42. The molecule has 2 saturated heterocycles. The summed E-state index contributed by atoms with van der Waals surface area (Å²) in [7, 11) is 0. The molecule has 4 aromatic rings. The maximum atomic E-state index is 11.9. The molecule has 4 heterocycles. The van der Waals surface area contributed by atoms with Gasteiger partial charge in [-0.05, 0) is 42.7 Å². The number of fused-ring (bicyclic) bond motifs is 2. The van der Waals surface area contributed by atoms with Crippen LogP contribution in [0.1, 0.15) is 30.1 Å². The summed E-state index contributed by atoms with van der Waals surface area (Å²) in [5.74, 6) is 0.466. The van der Waals surface area contributed by atoms with E-state index in [9.17, 15) is 4.79 Å². The first-order chi connectivity index (χ1) is 17.0. The molecular weight excluding hydrogens is 460 g/mol. The standard InChI is InChI=1S/C26H28N6O2S/c1-16-22(27)26(15-34-16)8-11-31(12-9-26)25-30-14-21(24-29-10-13-32(24)25)35-20-7-6-19(23(28)33)17-4-2-3-5-18(17)20/h2-7,10,13-14,16,22H,8-9,11-12,15,27H2,1H3,(H2,28,33)/t16-,22+/m0/s1. The van der Waals surface area contributed by atoms with Gasteiger partial charge in [-0.1, -0.05) is 36.0 Å². The van der Waals surface area contributed by atoms with Gasteiger partial charge in [0, 0.05) is 53.6 Å². The highest BCUT2D eigenvalue weighted by Gasteiger charge is 2.47. The van der Waals surface area contributed by atoms with E-state index in [-0.39, 0.29) is 17.6 Å². The predicted octanol–water partition coefficient (Wildman–Crippen LogP) is 3.47. The molecule has 0 radical (unpaired) electrons. The summed E-state index contributed by atoms with van der Waals surface area (Å²) >= 11 is 1.59. The van der Waals surface area contributed by atoms with Crippen LogP contribution in [0.4, 0.5) is 5.95 Å². The highest BCUT2D eigenvalue weighted by molar-refractivity contribution is 7.99. The Morgan fingerprint density at radius 2 is 1.89 bits per heavy atom. The molecule has 0 bridgehead atoms. The van der Waals surface area contributed by atoms with Crippen LogP contribution in [0.5, 0.6) is 0 Å². The second-order valence-electron chi connectivity index (χ2n) is 9.56. The second kappa shape index (κ2) is 8.51. The van der Waals surface area contributed by atoms with Crippen molar-refractivity contribution in [2.75, 3.05) is 24.6 Å². The van der Waals surface area contributed by atoms with Crippen molar-refractivity contribution in [2.45, 2.75) is 41.7 Å². The van der Waals surface area contributed by atoms with Gasteiger partial charge in [0.2, 0.25) is 11.9 Å². The number of carbonyl (C=O) groups is 1. The first-order valence-corrected chi connectivity index (χ1v) is 12.7. The maximum Gasteiger partial charge on any atom is 0.249 e. The number of hydrogen-bond acceptors (Lipinski definition) is 7. The van der Waals surface area contributed by atoms with Crippen LogP contribution in [0.2, 0.25) is 0 Å². The second-order valence-corrected chi connectivity index (χ2v) is 10.6. The molecule has 0 saturated carbocycles. The number of nitrogens with zero attached hydrogens (tertiary/aromatic N) is 4. The van der Waals surface area contributed by atoms with Crippen LogP contribution in [0.15, 0.2) is 64.8 Å². The number of primary amides is 1. The van der Waals surface area contributed by atoms with E-state index in [0.717, 1.165) is 64.7 Å². The third kappa shape index (κ3) is 3.65. The molecule has 1 amide bonds. The molecule has 1 spiro atoms. The molecule has 2 aromatic carbocycles. The van der Waals surface area contributed by atoms with Gasteiger partial charge < -0.3 is 21.1 Å². The number of carbonyl (C=O) groups excluding carboxylic acids is 1. The molecule has 180 valence electrons. The molecule has 2 aliphatic rings. The van der Waals surface area contributed by atoms with E-state index in [1.807, 2.05) is 48.9 Å². The number of benzene rings is 2. The van der Waals surface area contributed by atoms with Crippen LogP contribution in [0, 0.1) is 5.41 Å². The predicted molar refractivity (Wildman–Crippen MR) is 137 cm³/mol. The largest absolute Gasteiger partial charge is 0.376 e. The molecule has 0 unspecified atom stereocenters. The van der Waals surface area contributed by atoms with E-state index in [4.69, 9.17) is 21.2 Å². The minimum atomic E-state index is -0.428. The summed E-state index contributed by atoms with van der Waals surface area (Å²) in [5.41, 5.74) is 13.5. The van der Waals surface area contributed by atoms with Crippen molar-refractivity contribution in [3.8, 4) is 0 Å². The number of nitrogens with two attached hydrogens (primary N) is 2. The zero-order valence-electron chi connectivity index (χ0n) is 19.6. The van der Waals surface area contributed by atoms with E-state index in [1.165, 1.54) is 0 Å². The van der Waals surface area contributed by atoms with Gasteiger partial charge in [0.05, 0.1) is 17.6 Å². The van der Waals surface area contributed by atoms with Gasteiger partial charge >= 0.3 is 0 Å². The summed E-state index contributed by atoms with van der Waals surface area (Å²) in [5, 5.41) is 1.83. The molecule has 2 fully saturated rings. The monoisotopic (exact) mass is 488 g/mol. The smallest absolute Gasteiger partial charge is 0.249 e. The SMILES string of the molecule is C[C@@H]1OCC2(CCN(c3ncc(Sc4ccc(C(N)=O)c5ccccc45)c4nccn34)CC2)[C@@H]1N. The number of ether oxygens (including phenoxy) is 1. The summed E-state index contributed by atoms with van der Waals surface area (Å²) in [6, 6.07) is 11.6. The minimum Gasteiger partial charge on any atom is -0.376 e. The normalized spacial score (nSPS) is 21.8. The van der Waals surface area contributed by atoms with E-state index < -0.39 is 5.91 Å². The third-order valence-electron chi connectivity index (χ3n) is 7.63. The molecule has 9 heteroatoms. The van der Waals surface area contributed by atoms with Gasteiger partial charge in [0.25, 0.3) is 0 Å². The van der Waals surface area contributed by atoms with E-state index in [1.54, 1.807) is 17.8 Å². The van der Waals surface area contributed by atoms with Crippen molar-refractivity contribution >= 4 is 40.0 Å². The topological polar surface area (TPSA) is 112 Å². The third-order valence-corrected chi connectivity index (χ3v) is 8.72. The van der Waals surface area contributed by atoms with Crippen molar-refractivity contribution < 1.29 is 9.53 Å². The van der Waals surface area contributed by atoms with Crippen molar-refractivity contribution in [3.05, 3.63) is 60.6 Å². The maximum absolute atomic E-state index is 11.9. The van der Waals surface area contributed by atoms with Crippen LogP contribution < -0.4 is 16.4 Å². The van der Waals surface area contributed by atoms with Crippen LogP contribution in [-0.4, -0.2) is 52.1 Å². The lowest BCUT2D eigenvalue weighted by molar-refractivity contribution is 0.0973. The average Bonchev–Trinajstić information content (AvgIpc) is 3.47. The molecular formula is C26H28N6O2S. The number of imidazole rings is 1. The van der Waals surface area contributed by atoms with E-state index >= 15 is 0 Å². The lowest BCUT2D eigenvalue weighted by Crippen LogP contribution is -2.51. The molecule has 2 aromatic heterocycles. The zero-order valence-corrected chi connectivity index (χ0v) is 20.4. The summed E-state index contributed by atoms with van der Waals surface area (Å²) in [4.78, 5) is 25.7.